The lowest BCUT2D eigenvalue weighted by Gasteiger charge is -2.38. The van der Waals surface area contributed by atoms with E-state index in [1.165, 1.54) is 0 Å². The number of hydrogen-bond acceptors (Lipinski definition) is 5. The summed E-state index contributed by atoms with van der Waals surface area (Å²) >= 11 is 0. The van der Waals surface area contributed by atoms with Gasteiger partial charge in [-0.15, -0.1) is 24.0 Å². The molecule has 152 valence electrons. The molecule has 1 aromatic rings. The average molecular weight is 490 g/mol. The van der Waals surface area contributed by atoms with Crippen LogP contribution in [0.3, 0.4) is 0 Å². The first-order chi connectivity index (χ1) is 12.7. The Morgan fingerprint density at radius 3 is 2.89 bits per heavy atom. The van der Waals surface area contributed by atoms with E-state index in [1.807, 2.05) is 18.2 Å². The van der Waals surface area contributed by atoms with Gasteiger partial charge in [0.1, 0.15) is 0 Å². The summed E-state index contributed by atoms with van der Waals surface area (Å²) in [5.41, 5.74) is 1.10. The molecule has 1 fully saturated rings. The zero-order valence-corrected chi connectivity index (χ0v) is 18.7. The van der Waals surface area contributed by atoms with Crippen LogP contribution in [0.15, 0.2) is 23.2 Å². The molecule has 2 heterocycles. The number of nitrogens with zero attached hydrogens (tertiary/aromatic N) is 2. The Balaban J connectivity index is 0.00000261. The molecular formula is C19H31IN4O3. The van der Waals surface area contributed by atoms with Crippen molar-refractivity contribution in [3.05, 3.63) is 23.8 Å². The number of benzene rings is 1. The number of halogens is 1. The molecule has 0 amide bonds. The largest absolute Gasteiger partial charge is 0.454 e. The molecule has 2 aliphatic heterocycles. The van der Waals surface area contributed by atoms with Crippen LogP contribution < -0.4 is 20.1 Å². The Hall–Kier alpha value is -1.26. The summed E-state index contributed by atoms with van der Waals surface area (Å²) in [5, 5.41) is 6.78. The van der Waals surface area contributed by atoms with Gasteiger partial charge in [0.25, 0.3) is 0 Å². The third-order valence-electron chi connectivity index (χ3n) is 4.75. The zero-order chi connectivity index (χ0) is 18.4. The molecule has 8 heteroatoms. The topological polar surface area (TPSA) is 67.4 Å². The average Bonchev–Trinajstić information content (AvgIpc) is 3.12. The normalized spacial score (nSPS) is 20.7. The molecule has 3 rings (SSSR count). The molecule has 2 N–H and O–H groups in total. The maximum Gasteiger partial charge on any atom is 0.231 e. The second-order valence-corrected chi connectivity index (χ2v) is 6.77. The molecule has 0 saturated carbocycles. The summed E-state index contributed by atoms with van der Waals surface area (Å²) in [6.45, 7) is 11.7. The van der Waals surface area contributed by atoms with Crippen LogP contribution in [0.1, 0.15) is 26.3 Å². The van der Waals surface area contributed by atoms with Crippen LogP contribution in [-0.2, 0) is 11.3 Å². The maximum absolute atomic E-state index is 5.53. The van der Waals surface area contributed by atoms with Crippen molar-refractivity contribution in [3.63, 3.8) is 0 Å². The van der Waals surface area contributed by atoms with Crippen LogP contribution >= 0.6 is 24.0 Å². The van der Waals surface area contributed by atoms with Gasteiger partial charge in [0.15, 0.2) is 17.5 Å². The lowest BCUT2D eigenvalue weighted by atomic mass is 10.2. The van der Waals surface area contributed by atoms with E-state index in [0.29, 0.717) is 25.4 Å². The molecule has 2 atom stereocenters. The van der Waals surface area contributed by atoms with Gasteiger partial charge in [0.05, 0.1) is 19.8 Å². The van der Waals surface area contributed by atoms with Crippen LogP contribution in [0.5, 0.6) is 11.5 Å². The van der Waals surface area contributed by atoms with Gasteiger partial charge in [-0.3, -0.25) is 4.90 Å². The van der Waals surface area contributed by atoms with E-state index >= 15 is 0 Å². The fraction of sp³-hybridized carbons (Fsp3) is 0.632. The SMILES string of the molecule is CCNC(=NCc1ccc2c(c1)OCO2)NCC(C)N1CCOCC1C.I. The van der Waals surface area contributed by atoms with Crippen molar-refractivity contribution in [2.45, 2.75) is 39.4 Å². The fourth-order valence-electron chi connectivity index (χ4n) is 3.31. The summed E-state index contributed by atoms with van der Waals surface area (Å²) in [7, 11) is 0. The molecule has 1 aromatic carbocycles. The highest BCUT2D eigenvalue weighted by atomic mass is 127. The molecule has 27 heavy (non-hydrogen) atoms. The summed E-state index contributed by atoms with van der Waals surface area (Å²) in [6, 6.07) is 6.83. The smallest absolute Gasteiger partial charge is 0.231 e. The van der Waals surface area contributed by atoms with E-state index in [2.05, 4.69) is 36.3 Å². The summed E-state index contributed by atoms with van der Waals surface area (Å²) < 4.78 is 16.3. The Kier molecular flexibility index (Phi) is 8.91. The summed E-state index contributed by atoms with van der Waals surface area (Å²) in [6.07, 6.45) is 0. The molecule has 2 aliphatic rings. The minimum Gasteiger partial charge on any atom is -0.454 e. The molecule has 0 bridgehead atoms. The first-order valence-corrected chi connectivity index (χ1v) is 9.41. The van der Waals surface area contributed by atoms with Crippen LogP contribution in [0, 0.1) is 0 Å². The van der Waals surface area contributed by atoms with Gasteiger partial charge in [-0.1, -0.05) is 6.07 Å². The number of aliphatic imine (C=N–C) groups is 1. The summed E-state index contributed by atoms with van der Waals surface area (Å²) in [5.74, 6) is 2.43. The van der Waals surface area contributed by atoms with Crippen molar-refractivity contribution in [1.29, 1.82) is 0 Å². The number of hydrogen-bond donors (Lipinski definition) is 2. The van der Waals surface area contributed by atoms with Crippen LogP contribution in [-0.4, -0.2) is 62.6 Å². The molecule has 7 nitrogen and oxygen atoms in total. The van der Waals surface area contributed by atoms with Crippen molar-refractivity contribution in [1.82, 2.24) is 15.5 Å². The predicted octanol–water partition coefficient (Wildman–Crippen LogP) is 2.20. The van der Waals surface area contributed by atoms with Gasteiger partial charge in [0, 0.05) is 31.7 Å². The molecule has 2 unspecified atom stereocenters. The second kappa shape index (κ2) is 10.9. The first kappa shape index (κ1) is 22.0. The highest BCUT2D eigenvalue weighted by molar-refractivity contribution is 14.0. The highest BCUT2D eigenvalue weighted by Gasteiger charge is 2.23. The van der Waals surface area contributed by atoms with E-state index in [9.17, 15) is 0 Å². The van der Waals surface area contributed by atoms with Crippen molar-refractivity contribution >= 4 is 29.9 Å². The van der Waals surface area contributed by atoms with Gasteiger partial charge in [-0.25, -0.2) is 4.99 Å². The Labute approximate surface area is 178 Å². The monoisotopic (exact) mass is 490 g/mol. The molecule has 0 aromatic heterocycles. The number of ether oxygens (including phenoxy) is 3. The minimum atomic E-state index is 0. The fourth-order valence-corrected chi connectivity index (χ4v) is 3.31. The van der Waals surface area contributed by atoms with Crippen LogP contribution in [0.4, 0.5) is 0 Å². The van der Waals surface area contributed by atoms with Gasteiger partial charge in [-0.05, 0) is 38.5 Å². The van der Waals surface area contributed by atoms with Crippen molar-refractivity contribution < 1.29 is 14.2 Å². The molecule has 0 aliphatic carbocycles. The van der Waals surface area contributed by atoms with Crippen LogP contribution in [0.2, 0.25) is 0 Å². The highest BCUT2D eigenvalue weighted by Crippen LogP contribution is 2.32. The summed E-state index contributed by atoms with van der Waals surface area (Å²) in [4.78, 5) is 7.18. The number of guanidine groups is 1. The van der Waals surface area contributed by atoms with Gasteiger partial charge in [0.2, 0.25) is 6.79 Å². The second-order valence-electron chi connectivity index (χ2n) is 6.77. The van der Waals surface area contributed by atoms with Gasteiger partial charge >= 0.3 is 0 Å². The van der Waals surface area contributed by atoms with Crippen molar-refractivity contribution in [2.75, 3.05) is 39.6 Å². The standard InChI is InChI=1S/C19H30N4O3.HI/c1-4-20-19(21-10-14(2)23-7-8-24-12-15(23)3)22-11-16-5-6-17-18(9-16)26-13-25-17;/h5-6,9,14-15H,4,7-8,10-13H2,1-3H3,(H2,20,21,22);1H. The third-order valence-corrected chi connectivity index (χ3v) is 4.75. The molecule has 0 spiro atoms. The number of fused-ring (bicyclic) bond motifs is 1. The number of rotatable bonds is 6. The maximum atomic E-state index is 5.53. The minimum absolute atomic E-state index is 0. The first-order valence-electron chi connectivity index (χ1n) is 9.41. The van der Waals surface area contributed by atoms with Gasteiger partial charge < -0.3 is 24.8 Å². The Morgan fingerprint density at radius 2 is 2.11 bits per heavy atom. The van der Waals surface area contributed by atoms with Crippen LogP contribution in [0.25, 0.3) is 0 Å². The van der Waals surface area contributed by atoms with E-state index in [4.69, 9.17) is 19.2 Å². The lowest BCUT2D eigenvalue weighted by Crippen LogP contribution is -2.53. The van der Waals surface area contributed by atoms with Crippen molar-refractivity contribution in [2.24, 2.45) is 4.99 Å². The van der Waals surface area contributed by atoms with Gasteiger partial charge in [-0.2, -0.15) is 0 Å². The number of nitrogens with one attached hydrogen (secondary N) is 2. The molecule has 1 saturated heterocycles. The Bertz CT molecular complexity index is 629. The molecule has 0 radical (unpaired) electrons. The quantitative estimate of drug-likeness (QED) is 0.362. The lowest BCUT2D eigenvalue weighted by molar-refractivity contribution is -0.0174. The zero-order valence-electron chi connectivity index (χ0n) is 16.4. The van der Waals surface area contributed by atoms with E-state index in [1.54, 1.807) is 0 Å². The Morgan fingerprint density at radius 1 is 1.30 bits per heavy atom. The number of morpholine rings is 1. The van der Waals surface area contributed by atoms with E-state index < -0.39 is 0 Å². The van der Waals surface area contributed by atoms with E-state index in [-0.39, 0.29) is 24.0 Å². The third kappa shape index (κ3) is 6.11. The predicted molar refractivity (Wildman–Crippen MR) is 117 cm³/mol. The molecular weight excluding hydrogens is 459 g/mol. The van der Waals surface area contributed by atoms with E-state index in [0.717, 1.165) is 55.9 Å². The van der Waals surface area contributed by atoms with Crippen molar-refractivity contribution in [3.8, 4) is 11.5 Å².